The smallest absolute Gasteiger partial charge is 0.175 e. The Hall–Kier alpha value is -1.45. The van der Waals surface area contributed by atoms with Crippen LogP contribution < -0.4 is 0 Å². The number of thiazole rings is 1. The third kappa shape index (κ3) is 3.91. The van der Waals surface area contributed by atoms with Crippen molar-refractivity contribution in [3.8, 4) is 0 Å². The Labute approximate surface area is 143 Å². The van der Waals surface area contributed by atoms with E-state index in [4.69, 9.17) is 0 Å². The Bertz CT molecular complexity index is 931. The number of nitrogens with zero attached hydrogens (tertiary/aromatic N) is 4. The predicted octanol–water partition coefficient (Wildman–Crippen LogP) is 3.19. The van der Waals surface area contributed by atoms with Crippen LogP contribution in [0.4, 0.5) is 0 Å². The second-order valence-corrected chi connectivity index (χ2v) is 9.39. The summed E-state index contributed by atoms with van der Waals surface area (Å²) in [7, 11) is -3.20. The fourth-order valence-corrected chi connectivity index (χ4v) is 4.64. The van der Waals surface area contributed by atoms with Gasteiger partial charge >= 0.3 is 0 Å². The van der Waals surface area contributed by atoms with E-state index in [-0.39, 0.29) is 0 Å². The van der Waals surface area contributed by atoms with Crippen molar-refractivity contribution in [2.45, 2.75) is 35.4 Å². The van der Waals surface area contributed by atoms with Gasteiger partial charge in [0.15, 0.2) is 20.0 Å². The molecule has 122 valence electrons. The van der Waals surface area contributed by atoms with Gasteiger partial charge in [-0.25, -0.2) is 18.4 Å². The van der Waals surface area contributed by atoms with E-state index in [2.05, 4.69) is 22.0 Å². The van der Waals surface area contributed by atoms with E-state index in [9.17, 15) is 8.42 Å². The lowest BCUT2D eigenvalue weighted by molar-refractivity contribution is 0.602. The zero-order valence-electron chi connectivity index (χ0n) is 12.8. The zero-order valence-corrected chi connectivity index (χ0v) is 15.2. The van der Waals surface area contributed by atoms with Crippen LogP contribution in [0.5, 0.6) is 0 Å². The Morgan fingerprint density at radius 3 is 2.91 bits per heavy atom. The van der Waals surface area contributed by atoms with Gasteiger partial charge in [-0.2, -0.15) is 4.09 Å². The lowest BCUT2D eigenvalue weighted by Gasteiger charge is -1.96. The number of benzene rings is 1. The van der Waals surface area contributed by atoms with Crippen LogP contribution in [-0.2, 0) is 16.3 Å². The fraction of sp³-hybridized carbons (Fsp3) is 0.357. The van der Waals surface area contributed by atoms with E-state index in [1.165, 1.54) is 29.5 Å². The number of hydrogen-bond acceptors (Lipinski definition) is 7. The third-order valence-electron chi connectivity index (χ3n) is 3.21. The number of aromatic nitrogens is 4. The molecule has 6 nitrogen and oxygen atoms in total. The molecular formula is C14H16N4O2S3. The van der Waals surface area contributed by atoms with Gasteiger partial charge < -0.3 is 0 Å². The van der Waals surface area contributed by atoms with Crippen LogP contribution in [0.15, 0.2) is 33.8 Å². The van der Waals surface area contributed by atoms with Crippen molar-refractivity contribution in [3.63, 3.8) is 0 Å². The maximum atomic E-state index is 11.6. The van der Waals surface area contributed by atoms with Gasteiger partial charge in [-0.05, 0) is 24.6 Å². The number of hydrogen-bond donors (Lipinski definition) is 0. The highest BCUT2D eigenvalue weighted by molar-refractivity contribution is 7.99. The Morgan fingerprint density at radius 1 is 1.35 bits per heavy atom. The predicted molar refractivity (Wildman–Crippen MR) is 92.6 cm³/mol. The van der Waals surface area contributed by atoms with Gasteiger partial charge in [0, 0.05) is 24.6 Å². The molecule has 2 aromatic heterocycles. The second-order valence-electron chi connectivity index (χ2n) is 5.14. The highest BCUT2D eigenvalue weighted by Crippen LogP contribution is 2.31. The molecule has 1 aromatic carbocycles. The molecule has 0 saturated carbocycles. The molecule has 0 aliphatic rings. The molecule has 0 fully saturated rings. The molecule has 3 rings (SSSR count). The SMILES string of the molecule is CCCCc1ncn(Sc2nc3ccc(S(C)(=O)=O)cc3s2)n1. The van der Waals surface area contributed by atoms with Gasteiger partial charge in [0.25, 0.3) is 0 Å². The van der Waals surface area contributed by atoms with Gasteiger partial charge in [0.1, 0.15) is 6.33 Å². The van der Waals surface area contributed by atoms with E-state index < -0.39 is 9.84 Å². The Kier molecular flexibility index (Phi) is 4.69. The summed E-state index contributed by atoms with van der Waals surface area (Å²) in [4.78, 5) is 9.09. The molecule has 0 N–H and O–H groups in total. The van der Waals surface area contributed by atoms with E-state index in [1.807, 2.05) is 0 Å². The number of rotatable bonds is 6. The highest BCUT2D eigenvalue weighted by Gasteiger charge is 2.12. The minimum Gasteiger partial charge on any atom is -0.228 e. The molecule has 0 bridgehead atoms. The maximum Gasteiger partial charge on any atom is 0.175 e. The monoisotopic (exact) mass is 368 g/mol. The van der Waals surface area contributed by atoms with Crippen molar-refractivity contribution in [2.24, 2.45) is 0 Å². The number of unbranched alkanes of at least 4 members (excludes halogenated alkanes) is 1. The van der Waals surface area contributed by atoms with Crippen LogP contribution >= 0.6 is 23.3 Å². The zero-order chi connectivity index (χ0) is 16.4. The summed E-state index contributed by atoms with van der Waals surface area (Å²) in [5.41, 5.74) is 0.788. The van der Waals surface area contributed by atoms with Crippen LogP contribution in [0.2, 0.25) is 0 Å². The molecular weight excluding hydrogens is 352 g/mol. The quantitative estimate of drug-likeness (QED) is 0.665. The van der Waals surface area contributed by atoms with E-state index in [0.717, 1.165) is 39.6 Å². The van der Waals surface area contributed by atoms with Gasteiger partial charge in [-0.1, -0.05) is 13.3 Å². The van der Waals surface area contributed by atoms with Crippen LogP contribution in [0, 0.1) is 0 Å². The third-order valence-corrected chi connectivity index (χ3v) is 6.22. The van der Waals surface area contributed by atoms with Crippen molar-refractivity contribution in [1.82, 2.24) is 19.2 Å². The molecule has 2 heterocycles. The summed E-state index contributed by atoms with van der Waals surface area (Å²) in [5, 5.41) is 4.41. The van der Waals surface area contributed by atoms with Gasteiger partial charge in [0.2, 0.25) is 0 Å². The summed E-state index contributed by atoms with van der Waals surface area (Å²) < 4.78 is 26.6. The molecule has 3 aromatic rings. The molecule has 0 saturated heterocycles. The molecule has 0 aliphatic heterocycles. The van der Waals surface area contributed by atoms with Crippen molar-refractivity contribution in [3.05, 3.63) is 30.4 Å². The largest absolute Gasteiger partial charge is 0.228 e. The summed E-state index contributed by atoms with van der Waals surface area (Å²) in [5.74, 6) is 0.833. The highest BCUT2D eigenvalue weighted by atomic mass is 32.2. The first-order valence-electron chi connectivity index (χ1n) is 7.15. The second kappa shape index (κ2) is 6.58. The first kappa shape index (κ1) is 16.4. The lowest BCUT2D eigenvalue weighted by Crippen LogP contribution is -1.95. The maximum absolute atomic E-state index is 11.6. The van der Waals surface area contributed by atoms with Gasteiger partial charge in [-0.15, -0.1) is 16.4 Å². The fourth-order valence-electron chi connectivity index (χ4n) is 2.01. The number of aryl methyl sites for hydroxylation is 1. The van der Waals surface area contributed by atoms with E-state index >= 15 is 0 Å². The number of sulfone groups is 1. The molecule has 23 heavy (non-hydrogen) atoms. The lowest BCUT2D eigenvalue weighted by atomic mass is 10.2. The van der Waals surface area contributed by atoms with Gasteiger partial charge in [0.05, 0.1) is 15.1 Å². The summed E-state index contributed by atoms with van der Waals surface area (Å²) in [6, 6.07) is 4.99. The minimum atomic E-state index is -3.20. The summed E-state index contributed by atoms with van der Waals surface area (Å²) in [6.07, 6.45) is 5.95. The molecule has 0 unspecified atom stereocenters. The van der Waals surface area contributed by atoms with Crippen LogP contribution in [0.1, 0.15) is 25.6 Å². The molecule has 9 heteroatoms. The van der Waals surface area contributed by atoms with E-state index in [1.54, 1.807) is 28.6 Å². The molecule has 0 aliphatic carbocycles. The minimum absolute atomic E-state index is 0.313. The van der Waals surface area contributed by atoms with Crippen LogP contribution in [-0.4, -0.2) is 33.8 Å². The van der Waals surface area contributed by atoms with Crippen molar-refractivity contribution in [2.75, 3.05) is 6.26 Å². The Balaban J connectivity index is 1.82. The first-order valence-corrected chi connectivity index (χ1v) is 10.6. The average molecular weight is 369 g/mol. The molecule has 0 radical (unpaired) electrons. The average Bonchev–Trinajstić information content (AvgIpc) is 3.09. The van der Waals surface area contributed by atoms with Crippen LogP contribution in [0.25, 0.3) is 10.2 Å². The topological polar surface area (TPSA) is 77.7 Å². The van der Waals surface area contributed by atoms with E-state index in [0.29, 0.717) is 4.90 Å². The first-order chi connectivity index (χ1) is 11.0. The normalized spacial score (nSPS) is 12.1. The van der Waals surface area contributed by atoms with Crippen molar-refractivity contribution < 1.29 is 8.42 Å². The molecule has 0 spiro atoms. The van der Waals surface area contributed by atoms with Crippen molar-refractivity contribution >= 4 is 43.3 Å². The standard InChI is InChI=1S/C14H16N4O2S3/c1-3-4-5-13-15-9-18(17-13)22-14-16-11-7-6-10(23(2,19)20)8-12(11)21-14/h6-9H,3-5H2,1-2H3. The number of fused-ring (bicyclic) bond motifs is 1. The van der Waals surface area contributed by atoms with Gasteiger partial charge in [-0.3, -0.25) is 0 Å². The molecule has 0 amide bonds. The summed E-state index contributed by atoms with van der Waals surface area (Å²) >= 11 is 2.83. The van der Waals surface area contributed by atoms with Crippen LogP contribution in [0.3, 0.4) is 0 Å². The van der Waals surface area contributed by atoms with Crippen molar-refractivity contribution in [1.29, 1.82) is 0 Å². The molecule has 0 atom stereocenters. The Morgan fingerprint density at radius 2 is 2.17 bits per heavy atom. The summed E-state index contributed by atoms with van der Waals surface area (Å²) in [6.45, 7) is 2.14.